The molecule has 1 N–H and O–H groups in total. The van der Waals surface area contributed by atoms with Crippen molar-refractivity contribution in [2.45, 2.75) is 31.2 Å². The lowest BCUT2D eigenvalue weighted by atomic mass is 10.0. The van der Waals surface area contributed by atoms with Crippen LogP contribution >= 0.6 is 0 Å². The normalized spacial score (nSPS) is 16.5. The van der Waals surface area contributed by atoms with Gasteiger partial charge in [0.15, 0.2) is 0 Å². The van der Waals surface area contributed by atoms with E-state index in [0.717, 1.165) is 6.42 Å². The Morgan fingerprint density at radius 2 is 2.18 bits per heavy atom. The van der Waals surface area contributed by atoms with Crippen molar-refractivity contribution in [2.75, 3.05) is 12.8 Å². The predicted molar refractivity (Wildman–Crippen MR) is 70.0 cm³/mol. The molecule has 0 aromatic heterocycles. The van der Waals surface area contributed by atoms with Gasteiger partial charge in [-0.3, -0.25) is 4.21 Å². The van der Waals surface area contributed by atoms with Gasteiger partial charge in [0.25, 0.3) is 0 Å². The first-order valence-corrected chi connectivity index (χ1v) is 7.21. The summed E-state index contributed by atoms with van der Waals surface area (Å²) >= 11 is 0. The summed E-state index contributed by atoms with van der Waals surface area (Å²) in [7, 11) is 0.726. The van der Waals surface area contributed by atoms with Crippen LogP contribution in [0.5, 0.6) is 0 Å². The third-order valence-electron chi connectivity index (χ3n) is 3.09. The molecule has 0 amide bonds. The van der Waals surface area contributed by atoms with E-state index >= 15 is 0 Å². The molecule has 17 heavy (non-hydrogen) atoms. The highest BCUT2D eigenvalue weighted by molar-refractivity contribution is 7.85. The number of hydrogen-bond donors (Lipinski definition) is 1. The van der Waals surface area contributed by atoms with Gasteiger partial charge < -0.3 is 5.32 Å². The molecule has 1 aromatic rings. The first-order chi connectivity index (χ1) is 8.08. The van der Waals surface area contributed by atoms with Crippen molar-refractivity contribution < 1.29 is 8.60 Å². The fraction of sp³-hybridized carbons (Fsp3) is 0.538. The summed E-state index contributed by atoms with van der Waals surface area (Å²) in [5.74, 6) is 0.646. The average molecular weight is 257 g/mol. The molecule has 0 radical (unpaired) electrons. The maximum atomic E-state index is 13.0. The highest BCUT2D eigenvalue weighted by Crippen LogP contribution is 2.14. The monoisotopic (exact) mass is 257 g/mol. The van der Waals surface area contributed by atoms with Gasteiger partial charge in [-0.15, -0.1) is 0 Å². The van der Waals surface area contributed by atoms with E-state index < -0.39 is 10.8 Å². The van der Waals surface area contributed by atoms with Crippen molar-refractivity contribution in [3.63, 3.8) is 0 Å². The molecular weight excluding hydrogens is 237 g/mol. The summed E-state index contributed by atoms with van der Waals surface area (Å²) in [6.07, 6.45) is 1.03. The van der Waals surface area contributed by atoms with E-state index in [1.807, 2.05) is 7.05 Å². The Kier molecular flexibility index (Phi) is 5.78. The van der Waals surface area contributed by atoms with Crippen molar-refractivity contribution >= 4 is 10.8 Å². The maximum Gasteiger partial charge on any atom is 0.124 e. The lowest BCUT2D eigenvalue weighted by Gasteiger charge is -2.21. The first-order valence-electron chi connectivity index (χ1n) is 5.89. The number of rotatable bonds is 6. The highest BCUT2D eigenvalue weighted by Gasteiger charge is 2.17. The molecule has 0 saturated carbocycles. The van der Waals surface area contributed by atoms with Crippen molar-refractivity contribution in [3.05, 3.63) is 30.1 Å². The highest BCUT2D eigenvalue weighted by atomic mass is 32.2. The largest absolute Gasteiger partial charge is 0.316 e. The Bertz CT molecular complexity index is 383. The van der Waals surface area contributed by atoms with Crippen LogP contribution in [-0.2, 0) is 10.8 Å². The van der Waals surface area contributed by atoms with Gasteiger partial charge in [0.1, 0.15) is 5.82 Å². The minimum Gasteiger partial charge on any atom is -0.316 e. The first kappa shape index (κ1) is 14.3. The van der Waals surface area contributed by atoms with Crippen LogP contribution in [-0.4, -0.2) is 23.1 Å². The maximum absolute atomic E-state index is 13.0. The van der Waals surface area contributed by atoms with Crippen LogP contribution < -0.4 is 5.32 Å². The van der Waals surface area contributed by atoms with Crippen LogP contribution in [0.2, 0.25) is 0 Å². The topological polar surface area (TPSA) is 29.1 Å². The molecule has 0 heterocycles. The molecule has 3 unspecified atom stereocenters. The molecule has 0 spiro atoms. The summed E-state index contributed by atoms with van der Waals surface area (Å²) in [6, 6.07) is 6.22. The number of benzene rings is 1. The van der Waals surface area contributed by atoms with Crippen LogP contribution in [0.4, 0.5) is 4.39 Å². The van der Waals surface area contributed by atoms with Crippen molar-refractivity contribution in [3.8, 4) is 0 Å². The molecule has 1 aromatic carbocycles. The van der Waals surface area contributed by atoms with Crippen molar-refractivity contribution in [2.24, 2.45) is 5.92 Å². The molecule has 96 valence electrons. The number of nitrogens with one attached hydrogen (secondary N) is 1. The molecule has 0 aliphatic carbocycles. The lowest BCUT2D eigenvalue weighted by molar-refractivity contribution is 0.418. The van der Waals surface area contributed by atoms with E-state index in [1.165, 1.54) is 12.1 Å². The SMILES string of the molecule is CCC(C)C(CS(=O)c1cccc(F)c1)NC. The van der Waals surface area contributed by atoms with E-state index in [4.69, 9.17) is 0 Å². The molecule has 1 rings (SSSR count). The summed E-state index contributed by atoms with van der Waals surface area (Å²) in [4.78, 5) is 0.563. The quantitative estimate of drug-likeness (QED) is 0.848. The van der Waals surface area contributed by atoms with Gasteiger partial charge in [-0.25, -0.2) is 4.39 Å². The molecule has 3 atom stereocenters. The fourth-order valence-electron chi connectivity index (χ4n) is 1.68. The lowest BCUT2D eigenvalue weighted by Crippen LogP contribution is -2.36. The molecular formula is C13H20FNOS. The van der Waals surface area contributed by atoms with Gasteiger partial charge in [0.05, 0.1) is 10.8 Å². The van der Waals surface area contributed by atoms with Gasteiger partial charge in [0, 0.05) is 16.7 Å². The van der Waals surface area contributed by atoms with Gasteiger partial charge in [-0.2, -0.15) is 0 Å². The second kappa shape index (κ2) is 6.87. The van der Waals surface area contributed by atoms with Gasteiger partial charge in [-0.05, 0) is 31.2 Å². The second-order valence-corrected chi connectivity index (χ2v) is 5.75. The van der Waals surface area contributed by atoms with Crippen LogP contribution in [0.15, 0.2) is 29.2 Å². The zero-order chi connectivity index (χ0) is 12.8. The zero-order valence-corrected chi connectivity index (χ0v) is 11.4. The predicted octanol–water partition coefficient (Wildman–Crippen LogP) is 2.57. The Hall–Kier alpha value is -0.740. The van der Waals surface area contributed by atoms with E-state index in [0.29, 0.717) is 16.6 Å². The van der Waals surface area contributed by atoms with Gasteiger partial charge in [-0.1, -0.05) is 26.3 Å². The van der Waals surface area contributed by atoms with Crippen LogP contribution in [0.25, 0.3) is 0 Å². The molecule has 0 saturated heterocycles. The summed E-state index contributed by atoms with van der Waals surface area (Å²) in [5.41, 5.74) is 0. The Morgan fingerprint density at radius 3 is 2.71 bits per heavy atom. The molecule has 0 fully saturated rings. The Balaban J connectivity index is 2.71. The summed E-state index contributed by atoms with van der Waals surface area (Å²) < 4.78 is 25.1. The Labute approximate surface area is 105 Å². The second-order valence-electron chi connectivity index (χ2n) is 4.25. The standard InChI is InChI=1S/C13H20FNOS/c1-4-10(2)13(15-3)9-17(16)12-7-5-6-11(14)8-12/h5-8,10,13,15H,4,9H2,1-3H3. The van der Waals surface area contributed by atoms with Crippen LogP contribution in [0.1, 0.15) is 20.3 Å². The third kappa shape index (κ3) is 4.21. The average Bonchev–Trinajstić information content (AvgIpc) is 2.34. The summed E-state index contributed by atoms with van der Waals surface area (Å²) in [6.45, 7) is 4.24. The van der Waals surface area contributed by atoms with Gasteiger partial charge in [0.2, 0.25) is 0 Å². The molecule has 2 nitrogen and oxygen atoms in total. The van der Waals surface area contributed by atoms with E-state index in [1.54, 1.807) is 12.1 Å². The molecule has 0 bridgehead atoms. The van der Waals surface area contributed by atoms with E-state index in [-0.39, 0.29) is 11.9 Å². The Morgan fingerprint density at radius 1 is 1.47 bits per heavy atom. The fourth-order valence-corrected chi connectivity index (χ4v) is 3.17. The molecule has 4 heteroatoms. The minimum absolute atomic E-state index is 0.198. The smallest absolute Gasteiger partial charge is 0.124 e. The summed E-state index contributed by atoms with van der Waals surface area (Å²) in [5, 5.41) is 3.18. The minimum atomic E-state index is -1.15. The zero-order valence-electron chi connectivity index (χ0n) is 10.6. The van der Waals surface area contributed by atoms with E-state index in [9.17, 15) is 8.60 Å². The van der Waals surface area contributed by atoms with Crippen LogP contribution in [0, 0.1) is 11.7 Å². The third-order valence-corrected chi connectivity index (χ3v) is 4.53. The van der Waals surface area contributed by atoms with E-state index in [2.05, 4.69) is 19.2 Å². The number of halogens is 1. The van der Waals surface area contributed by atoms with Crippen LogP contribution in [0.3, 0.4) is 0 Å². The molecule has 0 aliphatic rings. The molecule has 0 aliphatic heterocycles. The van der Waals surface area contributed by atoms with Crippen molar-refractivity contribution in [1.82, 2.24) is 5.32 Å². The van der Waals surface area contributed by atoms with Gasteiger partial charge >= 0.3 is 0 Å². The number of hydrogen-bond acceptors (Lipinski definition) is 2. The van der Waals surface area contributed by atoms with Crippen molar-refractivity contribution in [1.29, 1.82) is 0 Å².